The van der Waals surface area contributed by atoms with E-state index in [9.17, 15) is 9.59 Å². The van der Waals surface area contributed by atoms with Gasteiger partial charge in [-0.1, -0.05) is 13.8 Å². The first kappa shape index (κ1) is 14.2. The fourth-order valence-corrected chi connectivity index (χ4v) is 1.70. The Balaban J connectivity index is 2.59. The molecule has 0 radical (unpaired) electrons. The molecular formula is C13H18N2O3. The molecule has 0 spiro atoms. The van der Waals surface area contributed by atoms with E-state index >= 15 is 0 Å². The number of carboxylic acid groups (broad SMARTS) is 1. The van der Waals surface area contributed by atoms with E-state index in [0.29, 0.717) is 5.82 Å². The Morgan fingerprint density at radius 1 is 1.39 bits per heavy atom. The van der Waals surface area contributed by atoms with Crippen LogP contribution < -0.4 is 5.32 Å². The van der Waals surface area contributed by atoms with Crippen LogP contribution in [-0.2, 0) is 9.59 Å². The number of hydrogen-bond donors (Lipinski definition) is 2. The largest absolute Gasteiger partial charge is 0.481 e. The number of carbonyl (C=O) groups excluding carboxylic acids is 1. The van der Waals surface area contributed by atoms with Gasteiger partial charge in [-0.25, -0.2) is 4.98 Å². The highest BCUT2D eigenvalue weighted by Crippen LogP contribution is 2.25. The molecule has 1 heterocycles. The van der Waals surface area contributed by atoms with Crippen LogP contribution in [0.2, 0.25) is 0 Å². The van der Waals surface area contributed by atoms with Gasteiger partial charge in [0.15, 0.2) is 0 Å². The maximum atomic E-state index is 11.8. The summed E-state index contributed by atoms with van der Waals surface area (Å²) in [5.41, 5.74) is 0.435. The molecule has 0 fully saturated rings. The first-order valence-electron chi connectivity index (χ1n) is 5.73. The summed E-state index contributed by atoms with van der Waals surface area (Å²) in [7, 11) is 0. The average Bonchev–Trinajstić information content (AvgIpc) is 2.13. The van der Waals surface area contributed by atoms with Crippen molar-refractivity contribution in [2.24, 2.45) is 5.41 Å². The highest BCUT2D eigenvalue weighted by atomic mass is 16.4. The van der Waals surface area contributed by atoms with E-state index in [1.165, 1.54) is 0 Å². The minimum absolute atomic E-state index is 0.0400. The average molecular weight is 250 g/mol. The Hall–Kier alpha value is -1.91. The third-order valence-electron chi connectivity index (χ3n) is 2.45. The molecule has 1 aromatic heterocycles. The molecule has 18 heavy (non-hydrogen) atoms. The molecule has 5 nitrogen and oxygen atoms in total. The summed E-state index contributed by atoms with van der Waals surface area (Å²) in [4.78, 5) is 26.5. The monoisotopic (exact) mass is 250 g/mol. The molecule has 0 aliphatic carbocycles. The van der Waals surface area contributed by atoms with Crippen LogP contribution in [0.25, 0.3) is 0 Å². The van der Waals surface area contributed by atoms with Crippen LogP contribution in [0.15, 0.2) is 18.3 Å². The van der Waals surface area contributed by atoms with Crippen molar-refractivity contribution in [3.05, 3.63) is 23.9 Å². The van der Waals surface area contributed by atoms with Crippen molar-refractivity contribution in [3.8, 4) is 0 Å². The fourth-order valence-electron chi connectivity index (χ4n) is 1.70. The molecule has 0 unspecified atom stereocenters. The van der Waals surface area contributed by atoms with Crippen LogP contribution in [0, 0.1) is 12.3 Å². The lowest BCUT2D eigenvalue weighted by Gasteiger charge is -2.21. The normalized spacial score (nSPS) is 11.1. The number of nitrogens with zero attached hydrogens (tertiary/aromatic N) is 1. The lowest BCUT2D eigenvalue weighted by molar-refractivity contribution is -0.139. The van der Waals surface area contributed by atoms with Crippen molar-refractivity contribution in [3.63, 3.8) is 0 Å². The van der Waals surface area contributed by atoms with Gasteiger partial charge in [0.2, 0.25) is 5.91 Å². The summed E-state index contributed by atoms with van der Waals surface area (Å²) in [5, 5.41) is 11.4. The summed E-state index contributed by atoms with van der Waals surface area (Å²) in [6.07, 6.45) is 1.73. The number of rotatable bonds is 5. The van der Waals surface area contributed by atoms with Gasteiger partial charge in [-0.05, 0) is 30.0 Å². The first-order chi connectivity index (χ1) is 8.28. The molecule has 0 aliphatic rings. The zero-order chi connectivity index (χ0) is 13.8. The van der Waals surface area contributed by atoms with Crippen molar-refractivity contribution in [1.29, 1.82) is 0 Å². The molecule has 0 atom stereocenters. The molecule has 98 valence electrons. The standard InChI is InChI=1S/C13H18N2O3/c1-9-4-5-14-10(6-9)15-11(16)7-13(2,3)8-12(17)18/h4-6H,7-8H2,1-3H3,(H,17,18)(H,14,15,16). The zero-order valence-electron chi connectivity index (χ0n) is 10.9. The van der Waals surface area contributed by atoms with E-state index in [1.54, 1.807) is 26.1 Å². The van der Waals surface area contributed by atoms with Gasteiger partial charge in [-0.15, -0.1) is 0 Å². The predicted octanol–water partition coefficient (Wildman–Crippen LogP) is 2.22. The van der Waals surface area contributed by atoms with Gasteiger partial charge >= 0.3 is 5.97 Å². The Morgan fingerprint density at radius 3 is 2.61 bits per heavy atom. The number of carboxylic acids is 1. The quantitative estimate of drug-likeness (QED) is 0.839. The number of nitrogens with one attached hydrogen (secondary N) is 1. The summed E-state index contributed by atoms with van der Waals surface area (Å²) in [6, 6.07) is 3.60. The molecule has 0 aliphatic heterocycles. The molecule has 0 aromatic carbocycles. The number of pyridine rings is 1. The Bertz CT molecular complexity index is 455. The molecule has 2 N–H and O–H groups in total. The first-order valence-corrected chi connectivity index (χ1v) is 5.73. The Labute approximate surface area is 106 Å². The van der Waals surface area contributed by atoms with Gasteiger partial charge < -0.3 is 10.4 Å². The van der Waals surface area contributed by atoms with Crippen molar-refractivity contribution >= 4 is 17.7 Å². The predicted molar refractivity (Wildman–Crippen MR) is 68.3 cm³/mol. The highest BCUT2D eigenvalue weighted by Gasteiger charge is 2.25. The molecule has 0 bridgehead atoms. The second-order valence-electron chi connectivity index (χ2n) is 5.18. The van der Waals surface area contributed by atoms with Crippen LogP contribution in [-0.4, -0.2) is 22.0 Å². The minimum Gasteiger partial charge on any atom is -0.481 e. The van der Waals surface area contributed by atoms with E-state index in [2.05, 4.69) is 10.3 Å². The second kappa shape index (κ2) is 5.62. The summed E-state index contributed by atoms with van der Waals surface area (Å²) in [6.45, 7) is 5.42. The van der Waals surface area contributed by atoms with Gasteiger partial charge in [0.05, 0.1) is 6.42 Å². The van der Waals surface area contributed by atoms with Crippen molar-refractivity contribution in [2.75, 3.05) is 5.32 Å². The lowest BCUT2D eigenvalue weighted by Crippen LogP contribution is -2.25. The second-order valence-corrected chi connectivity index (χ2v) is 5.18. The smallest absolute Gasteiger partial charge is 0.303 e. The molecular weight excluding hydrogens is 232 g/mol. The van der Waals surface area contributed by atoms with Crippen molar-refractivity contribution in [1.82, 2.24) is 4.98 Å². The maximum Gasteiger partial charge on any atom is 0.303 e. The minimum atomic E-state index is -0.901. The molecule has 0 saturated heterocycles. The number of hydrogen-bond acceptors (Lipinski definition) is 3. The summed E-state index contributed by atoms with van der Waals surface area (Å²) >= 11 is 0. The van der Waals surface area contributed by atoms with Gasteiger partial charge in [0, 0.05) is 12.6 Å². The Morgan fingerprint density at radius 2 is 2.06 bits per heavy atom. The summed E-state index contributed by atoms with van der Waals surface area (Å²) < 4.78 is 0. The molecule has 5 heteroatoms. The Kier molecular flexibility index (Phi) is 4.42. The number of aryl methyl sites for hydroxylation is 1. The van der Waals surface area contributed by atoms with E-state index < -0.39 is 11.4 Å². The SMILES string of the molecule is Cc1ccnc(NC(=O)CC(C)(C)CC(=O)O)c1. The molecule has 1 amide bonds. The van der Waals surface area contributed by atoms with Gasteiger partial charge in [-0.3, -0.25) is 9.59 Å². The van der Waals surface area contributed by atoms with Gasteiger partial charge in [0.1, 0.15) is 5.82 Å². The van der Waals surface area contributed by atoms with Crippen LogP contribution in [0.5, 0.6) is 0 Å². The highest BCUT2D eigenvalue weighted by molar-refractivity contribution is 5.90. The number of carbonyl (C=O) groups is 2. The van der Waals surface area contributed by atoms with Crippen LogP contribution in [0.3, 0.4) is 0 Å². The molecule has 0 saturated carbocycles. The fraction of sp³-hybridized carbons (Fsp3) is 0.462. The number of aromatic nitrogens is 1. The van der Waals surface area contributed by atoms with E-state index in [-0.39, 0.29) is 18.7 Å². The van der Waals surface area contributed by atoms with Crippen molar-refractivity contribution in [2.45, 2.75) is 33.6 Å². The topological polar surface area (TPSA) is 79.3 Å². The van der Waals surface area contributed by atoms with Crippen LogP contribution in [0.4, 0.5) is 5.82 Å². The lowest BCUT2D eigenvalue weighted by atomic mass is 9.85. The van der Waals surface area contributed by atoms with E-state index in [1.807, 2.05) is 13.0 Å². The van der Waals surface area contributed by atoms with Crippen LogP contribution in [0.1, 0.15) is 32.3 Å². The van der Waals surface area contributed by atoms with Gasteiger partial charge in [0.25, 0.3) is 0 Å². The number of aliphatic carboxylic acids is 1. The number of anilines is 1. The van der Waals surface area contributed by atoms with E-state index in [0.717, 1.165) is 5.56 Å². The third kappa shape index (κ3) is 4.95. The zero-order valence-corrected chi connectivity index (χ0v) is 10.9. The van der Waals surface area contributed by atoms with E-state index in [4.69, 9.17) is 5.11 Å². The van der Waals surface area contributed by atoms with Gasteiger partial charge in [-0.2, -0.15) is 0 Å². The maximum absolute atomic E-state index is 11.8. The third-order valence-corrected chi connectivity index (χ3v) is 2.45. The summed E-state index contributed by atoms with van der Waals surface area (Å²) in [5.74, 6) is -0.632. The molecule has 1 rings (SSSR count). The number of amides is 1. The van der Waals surface area contributed by atoms with Crippen molar-refractivity contribution < 1.29 is 14.7 Å². The molecule has 1 aromatic rings. The van der Waals surface area contributed by atoms with Crippen LogP contribution >= 0.6 is 0 Å².